The van der Waals surface area contributed by atoms with Crippen molar-refractivity contribution in [2.24, 2.45) is 0 Å². The molecule has 42 heavy (non-hydrogen) atoms. The summed E-state index contributed by atoms with van der Waals surface area (Å²) in [6.07, 6.45) is 4.62. The lowest BCUT2D eigenvalue weighted by atomic mass is 10.1. The van der Waals surface area contributed by atoms with Crippen molar-refractivity contribution in [3.63, 3.8) is 0 Å². The highest BCUT2D eigenvalue weighted by atomic mass is 16.5. The smallest absolute Gasteiger partial charge is 0.302 e. The average Bonchev–Trinajstić information content (AvgIpc) is 3.39. The Balaban J connectivity index is 1.22. The van der Waals surface area contributed by atoms with Crippen molar-refractivity contribution in [3.05, 3.63) is 60.4 Å². The predicted octanol–water partition coefficient (Wildman–Crippen LogP) is 1.70. The molecule has 12 heteroatoms. The molecule has 2 atom stereocenters. The van der Waals surface area contributed by atoms with Gasteiger partial charge in [-0.15, -0.1) is 0 Å². The van der Waals surface area contributed by atoms with Gasteiger partial charge in [-0.25, -0.2) is 15.0 Å². The number of carbonyl (C=O) groups is 2. The van der Waals surface area contributed by atoms with Crippen molar-refractivity contribution in [3.8, 4) is 11.3 Å². The van der Waals surface area contributed by atoms with Gasteiger partial charge in [0.25, 0.3) is 0 Å². The first-order valence-electron chi connectivity index (χ1n) is 14.4. The molecule has 2 saturated heterocycles. The van der Waals surface area contributed by atoms with Crippen LogP contribution < -0.4 is 20.9 Å². The van der Waals surface area contributed by atoms with Gasteiger partial charge in [-0.2, -0.15) is 0 Å². The fraction of sp³-hybridized carbons (Fsp3) is 0.433. The van der Waals surface area contributed by atoms with E-state index in [1.807, 2.05) is 42.5 Å². The molecule has 3 aromatic rings. The Morgan fingerprint density at radius 2 is 2.00 bits per heavy atom. The van der Waals surface area contributed by atoms with Crippen molar-refractivity contribution in [1.29, 1.82) is 0 Å². The van der Waals surface area contributed by atoms with Crippen LogP contribution in [-0.2, 0) is 20.9 Å². The number of esters is 1. The van der Waals surface area contributed by atoms with Crippen LogP contribution >= 0.6 is 0 Å². The highest BCUT2D eigenvalue weighted by molar-refractivity contribution is 5.78. The molecule has 0 saturated carbocycles. The molecule has 1 aromatic carbocycles. The lowest BCUT2D eigenvalue weighted by Gasteiger charge is -2.27. The summed E-state index contributed by atoms with van der Waals surface area (Å²) in [5, 5.41) is 18.9. The quantitative estimate of drug-likeness (QED) is 0.248. The minimum Gasteiger partial charge on any atom is -0.461 e. The van der Waals surface area contributed by atoms with Gasteiger partial charge in [0, 0.05) is 75.8 Å². The summed E-state index contributed by atoms with van der Waals surface area (Å²) in [6, 6.07) is 13.2. The van der Waals surface area contributed by atoms with E-state index in [4.69, 9.17) is 9.72 Å². The molecular formula is C30H38N8O4. The molecule has 5 rings (SSSR count). The second-order valence-corrected chi connectivity index (χ2v) is 10.6. The SMILES string of the molecule is CC(=O)OC1CC(CCNC(=O)CN2CCNCC2)N(c2ccc(-c3ccnc(Nc4cccc(CO)c4)n3)cn2)C1. The summed E-state index contributed by atoms with van der Waals surface area (Å²) in [5.74, 6) is 0.943. The standard InChI is InChI=1S/C30H38N8O4/c1-21(40)42-26-16-25(7-9-32-29(41)19-37-13-11-31-12-14-37)38(18-26)28-6-5-23(17-34-28)27-8-10-33-30(36-27)35-24-4-2-3-22(15-24)20-39/h2-6,8,10,15,17,25-26,31,39H,7,9,11-14,16,18-20H2,1H3,(H,32,41)(H,33,35,36). The second-order valence-electron chi connectivity index (χ2n) is 10.6. The highest BCUT2D eigenvalue weighted by Gasteiger charge is 2.34. The summed E-state index contributed by atoms with van der Waals surface area (Å²) >= 11 is 0. The molecule has 2 fully saturated rings. The second kappa shape index (κ2) is 14.2. The zero-order valence-electron chi connectivity index (χ0n) is 23.8. The van der Waals surface area contributed by atoms with E-state index >= 15 is 0 Å². The third-order valence-electron chi connectivity index (χ3n) is 7.44. The first-order valence-corrected chi connectivity index (χ1v) is 14.4. The van der Waals surface area contributed by atoms with Crippen LogP contribution in [0.15, 0.2) is 54.9 Å². The fourth-order valence-corrected chi connectivity index (χ4v) is 5.42. The molecule has 0 spiro atoms. The van der Waals surface area contributed by atoms with Crippen LogP contribution in [0.4, 0.5) is 17.5 Å². The number of rotatable bonds is 11. The third-order valence-corrected chi connectivity index (χ3v) is 7.44. The Morgan fingerprint density at radius 3 is 2.76 bits per heavy atom. The Labute approximate surface area is 245 Å². The molecular weight excluding hydrogens is 536 g/mol. The highest BCUT2D eigenvalue weighted by Crippen LogP contribution is 2.29. The minimum atomic E-state index is -0.301. The Hall–Kier alpha value is -4.13. The van der Waals surface area contributed by atoms with Crippen LogP contribution in [0.5, 0.6) is 0 Å². The van der Waals surface area contributed by atoms with E-state index < -0.39 is 0 Å². The van der Waals surface area contributed by atoms with Gasteiger partial charge >= 0.3 is 5.97 Å². The van der Waals surface area contributed by atoms with Gasteiger partial charge in [-0.05, 0) is 42.3 Å². The number of hydrogen-bond acceptors (Lipinski definition) is 11. The average molecular weight is 575 g/mol. The normalized spacial score (nSPS) is 19.0. The number of hydrogen-bond donors (Lipinski definition) is 4. The first-order chi connectivity index (χ1) is 20.5. The van der Waals surface area contributed by atoms with Crippen molar-refractivity contribution < 1.29 is 19.4 Å². The number of ether oxygens (including phenoxy) is 1. The molecule has 4 N–H and O–H groups in total. The maximum absolute atomic E-state index is 12.5. The molecule has 2 aromatic heterocycles. The third kappa shape index (κ3) is 7.99. The molecule has 0 aliphatic carbocycles. The predicted molar refractivity (Wildman–Crippen MR) is 159 cm³/mol. The van der Waals surface area contributed by atoms with Crippen LogP contribution in [0.3, 0.4) is 0 Å². The summed E-state index contributed by atoms with van der Waals surface area (Å²) in [4.78, 5) is 42.1. The number of aliphatic hydroxyl groups is 1. The van der Waals surface area contributed by atoms with Gasteiger partial charge in [0.15, 0.2) is 0 Å². The van der Waals surface area contributed by atoms with E-state index in [1.54, 1.807) is 12.4 Å². The van der Waals surface area contributed by atoms with Crippen LogP contribution in [-0.4, -0.2) is 94.8 Å². The molecule has 222 valence electrons. The van der Waals surface area contributed by atoms with E-state index in [1.165, 1.54) is 6.92 Å². The van der Waals surface area contributed by atoms with Crippen molar-refractivity contribution in [2.45, 2.75) is 38.5 Å². The van der Waals surface area contributed by atoms with E-state index in [2.05, 4.69) is 35.7 Å². The molecule has 0 bridgehead atoms. The van der Waals surface area contributed by atoms with Gasteiger partial charge < -0.3 is 30.7 Å². The van der Waals surface area contributed by atoms with Gasteiger partial charge in [0.2, 0.25) is 11.9 Å². The number of carbonyl (C=O) groups excluding carboxylic acids is 2. The Bertz CT molecular complexity index is 1350. The molecule has 12 nitrogen and oxygen atoms in total. The van der Waals surface area contributed by atoms with Crippen LogP contribution in [0.25, 0.3) is 11.3 Å². The number of aromatic nitrogens is 3. The first kappa shape index (κ1) is 29.4. The number of nitrogens with one attached hydrogen (secondary N) is 3. The molecule has 2 aliphatic heterocycles. The van der Waals surface area contributed by atoms with Crippen LogP contribution in [0.1, 0.15) is 25.3 Å². The lowest BCUT2D eigenvalue weighted by Crippen LogP contribution is -2.47. The van der Waals surface area contributed by atoms with Crippen LogP contribution in [0.2, 0.25) is 0 Å². The van der Waals surface area contributed by atoms with Crippen molar-refractivity contribution >= 4 is 29.3 Å². The minimum absolute atomic E-state index is 0.0280. The maximum atomic E-state index is 12.5. The number of aliphatic hydroxyl groups excluding tert-OH is 1. The van der Waals surface area contributed by atoms with Crippen LogP contribution in [0, 0.1) is 0 Å². The number of anilines is 3. The largest absolute Gasteiger partial charge is 0.461 e. The number of piperazine rings is 1. The van der Waals surface area contributed by atoms with Gasteiger partial charge in [-0.3, -0.25) is 14.5 Å². The van der Waals surface area contributed by atoms with Crippen molar-refractivity contribution in [2.75, 3.05) is 56.0 Å². The topological polar surface area (TPSA) is 145 Å². The molecule has 1 amide bonds. The van der Waals surface area contributed by atoms with E-state index in [-0.39, 0.29) is 30.6 Å². The molecule has 2 aliphatic rings. The summed E-state index contributed by atoms with van der Waals surface area (Å²) in [7, 11) is 0. The Morgan fingerprint density at radius 1 is 1.14 bits per heavy atom. The van der Waals surface area contributed by atoms with Gasteiger partial charge in [0.05, 0.1) is 25.4 Å². The fourth-order valence-electron chi connectivity index (χ4n) is 5.42. The number of amides is 1. The number of benzene rings is 1. The van der Waals surface area contributed by atoms with Gasteiger partial charge in [-0.1, -0.05) is 12.1 Å². The van der Waals surface area contributed by atoms with Crippen molar-refractivity contribution in [1.82, 2.24) is 30.5 Å². The Kier molecular flexibility index (Phi) is 9.90. The summed E-state index contributed by atoms with van der Waals surface area (Å²) in [5.41, 5.74) is 3.13. The summed E-state index contributed by atoms with van der Waals surface area (Å²) < 4.78 is 5.54. The molecule has 4 heterocycles. The number of nitrogens with zero attached hydrogens (tertiary/aromatic N) is 5. The van der Waals surface area contributed by atoms with E-state index in [0.717, 1.165) is 48.8 Å². The monoisotopic (exact) mass is 574 g/mol. The number of pyridine rings is 1. The van der Waals surface area contributed by atoms with Gasteiger partial charge in [0.1, 0.15) is 11.9 Å². The lowest BCUT2D eigenvalue weighted by molar-refractivity contribution is -0.145. The molecule has 2 unspecified atom stereocenters. The zero-order chi connectivity index (χ0) is 29.3. The molecule has 0 radical (unpaired) electrons. The van der Waals surface area contributed by atoms with E-state index in [9.17, 15) is 14.7 Å². The zero-order valence-corrected chi connectivity index (χ0v) is 23.8. The summed E-state index contributed by atoms with van der Waals surface area (Å²) in [6.45, 7) is 6.43. The van der Waals surface area contributed by atoms with E-state index in [0.29, 0.717) is 44.1 Å². The maximum Gasteiger partial charge on any atom is 0.302 e.